The number of aromatic hydroxyl groups is 2. The molecule has 0 aliphatic carbocycles. The third-order valence-corrected chi connectivity index (χ3v) is 8.17. The zero-order chi connectivity index (χ0) is 40.6. The number of nitrogens with one attached hydrogen (secondary N) is 3. The first-order valence-electron chi connectivity index (χ1n) is 17.4. The number of likely N-dealkylation sites (N-methyl/N-ethyl adjacent to an activating group) is 2. The largest absolute Gasteiger partial charge is 0.507 e. The van der Waals surface area contributed by atoms with Crippen LogP contribution in [-0.4, -0.2) is 92.2 Å². The van der Waals surface area contributed by atoms with E-state index in [0.29, 0.717) is 29.8 Å². The second-order valence-corrected chi connectivity index (χ2v) is 15.7. The van der Waals surface area contributed by atoms with E-state index in [-0.39, 0.29) is 115 Å². The molecule has 17 heteroatoms. The highest BCUT2D eigenvalue weighted by Gasteiger charge is 2.30. The normalized spacial score (nSPS) is 13.6. The summed E-state index contributed by atoms with van der Waals surface area (Å²) in [4.78, 5) is 102. The summed E-state index contributed by atoms with van der Waals surface area (Å²) in [7, 11) is 3.21. The first-order chi connectivity index (χ1) is 24.4. The number of aromatic amines is 2. The highest BCUT2D eigenvalue weighted by molar-refractivity contribution is 6.00. The highest BCUT2D eigenvalue weighted by Crippen LogP contribution is 2.29. The Labute approximate surface area is 320 Å². The van der Waals surface area contributed by atoms with Crippen LogP contribution in [0.3, 0.4) is 0 Å². The second-order valence-electron chi connectivity index (χ2n) is 15.7. The number of halogens is 1. The number of ketones is 3. The van der Waals surface area contributed by atoms with Crippen LogP contribution in [0.1, 0.15) is 117 Å². The van der Waals surface area contributed by atoms with Crippen LogP contribution in [0.5, 0.6) is 11.5 Å². The molecule has 0 saturated carbocycles. The van der Waals surface area contributed by atoms with E-state index in [1.54, 1.807) is 14.1 Å². The minimum absolute atomic E-state index is 0. The Morgan fingerprint density at radius 2 is 1.15 bits per heavy atom. The SMILES string of the molecule is CC(C)(C)CC(=O)CN.CCCC(=O)c1c(O)c2c([nH]c1=O)CN(C)C(=O)C2.CN1Cc2[nH]c(=O)c(C(=O)NCC(=O)CC(C)(C)C)c(O)c2CC1=O.Cl. The number of hydrogen-bond acceptors (Lipinski definition) is 11. The molecule has 0 bridgehead atoms. The van der Waals surface area contributed by atoms with E-state index >= 15 is 0 Å². The lowest BCUT2D eigenvalue weighted by molar-refractivity contribution is -0.131. The zero-order valence-corrected chi connectivity index (χ0v) is 33.4. The fourth-order valence-electron chi connectivity index (χ4n) is 5.63. The molecule has 2 aromatic rings. The molecule has 2 aromatic heterocycles. The topological polar surface area (TPSA) is 253 Å². The Kier molecular flexibility index (Phi) is 17.0. The van der Waals surface area contributed by atoms with Gasteiger partial charge in [0.15, 0.2) is 11.6 Å². The smallest absolute Gasteiger partial charge is 0.264 e. The quantitative estimate of drug-likeness (QED) is 0.201. The standard InChI is InChI=1S/C17H23N3O5.C13H16N2O4.C7H15NO.ClH/c1-17(2,3)6-9(21)7-18-15(24)13-14(23)10-5-12(22)20(4)8-11(10)19-16(13)25;1-3-4-9(16)11-12(18)7-5-10(17)15(2)6-8(7)14-13(11)19;1-7(2,3)4-6(9)5-8;/h5-8H2,1-4H3,(H,18,24)(H2,19,23,25);3-6H2,1-2H3,(H2,14,18,19);4-5,8H2,1-3H3;1H. The number of nitrogens with two attached hydrogens (primary N) is 1. The lowest BCUT2D eigenvalue weighted by Gasteiger charge is -2.25. The summed E-state index contributed by atoms with van der Waals surface area (Å²) in [6, 6.07) is 0. The van der Waals surface area contributed by atoms with Gasteiger partial charge in [-0.3, -0.25) is 38.4 Å². The lowest BCUT2D eigenvalue weighted by Crippen LogP contribution is -2.38. The summed E-state index contributed by atoms with van der Waals surface area (Å²) in [5, 5.41) is 22.8. The van der Waals surface area contributed by atoms with Gasteiger partial charge in [-0.2, -0.15) is 0 Å². The van der Waals surface area contributed by atoms with Crippen LogP contribution < -0.4 is 22.2 Å². The third-order valence-electron chi connectivity index (χ3n) is 8.17. The van der Waals surface area contributed by atoms with Crippen molar-refractivity contribution < 1.29 is 39.0 Å². The molecule has 2 aliphatic rings. The average Bonchev–Trinajstić information content (AvgIpc) is 3.01. The Balaban J connectivity index is 0.000000444. The molecule has 4 heterocycles. The predicted octanol–water partition coefficient (Wildman–Crippen LogP) is 2.28. The van der Waals surface area contributed by atoms with Crippen LogP contribution in [0.4, 0.5) is 0 Å². The lowest BCUT2D eigenvalue weighted by atomic mass is 9.90. The molecule has 54 heavy (non-hydrogen) atoms. The Hall–Kier alpha value is -4.83. The molecule has 2 aliphatic heterocycles. The van der Waals surface area contributed by atoms with Crippen molar-refractivity contribution in [3.63, 3.8) is 0 Å². The molecule has 0 spiro atoms. The molecule has 7 N–H and O–H groups in total. The molecule has 0 radical (unpaired) electrons. The van der Waals surface area contributed by atoms with E-state index in [1.807, 2.05) is 48.5 Å². The Morgan fingerprint density at radius 1 is 0.741 bits per heavy atom. The second kappa shape index (κ2) is 19.5. The predicted molar refractivity (Wildman–Crippen MR) is 204 cm³/mol. The first-order valence-corrected chi connectivity index (χ1v) is 17.4. The van der Waals surface area contributed by atoms with Crippen LogP contribution in [0.25, 0.3) is 0 Å². The fraction of sp³-hybridized carbons (Fsp3) is 0.568. The van der Waals surface area contributed by atoms with Crippen molar-refractivity contribution in [2.45, 2.75) is 100 Å². The molecule has 0 saturated heterocycles. The fourth-order valence-corrected chi connectivity index (χ4v) is 5.63. The van der Waals surface area contributed by atoms with Gasteiger partial charge in [-0.15, -0.1) is 12.4 Å². The van der Waals surface area contributed by atoms with E-state index in [9.17, 15) is 48.6 Å². The van der Waals surface area contributed by atoms with Gasteiger partial charge in [-0.05, 0) is 17.3 Å². The van der Waals surface area contributed by atoms with Crippen molar-refractivity contribution in [1.82, 2.24) is 25.1 Å². The summed E-state index contributed by atoms with van der Waals surface area (Å²) in [5.41, 5.74) is 4.49. The number of rotatable bonds is 9. The van der Waals surface area contributed by atoms with Crippen LogP contribution >= 0.6 is 12.4 Å². The van der Waals surface area contributed by atoms with Gasteiger partial charge in [0.25, 0.3) is 17.0 Å². The molecule has 3 amide bonds. The van der Waals surface area contributed by atoms with Gasteiger partial charge < -0.3 is 41.0 Å². The van der Waals surface area contributed by atoms with Crippen LogP contribution in [0.15, 0.2) is 9.59 Å². The maximum Gasteiger partial charge on any atom is 0.264 e. The van der Waals surface area contributed by atoms with E-state index in [1.165, 1.54) is 9.80 Å². The van der Waals surface area contributed by atoms with Crippen molar-refractivity contribution in [2.24, 2.45) is 16.6 Å². The maximum absolute atomic E-state index is 12.2. The van der Waals surface area contributed by atoms with E-state index in [4.69, 9.17) is 5.73 Å². The average molecular weight is 779 g/mol. The number of aromatic nitrogens is 2. The molecular weight excluding hydrogens is 724 g/mol. The Bertz CT molecular complexity index is 1870. The monoisotopic (exact) mass is 778 g/mol. The van der Waals surface area contributed by atoms with Gasteiger partial charge in [-0.25, -0.2) is 0 Å². The summed E-state index contributed by atoms with van der Waals surface area (Å²) in [6.45, 7) is 14.0. The summed E-state index contributed by atoms with van der Waals surface area (Å²) < 4.78 is 0. The van der Waals surface area contributed by atoms with Gasteiger partial charge in [0, 0.05) is 55.9 Å². The van der Waals surface area contributed by atoms with Gasteiger partial charge in [0.05, 0.1) is 39.0 Å². The summed E-state index contributed by atoms with van der Waals surface area (Å²) >= 11 is 0. The Morgan fingerprint density at radius 3 is 1.54 bits per heavy atom. The van der Waals surface area contributed by atoms with E-state index in [0.717, 1.165) is 0 Å². The first kappa shape index (κ1) is 47.2. The maximum atomic E-state index is 12.2. The molecule has 4 rings (SSSR count). The highest BCUT2D eigenvalue weighted by atomic mass is 35.5. The van der Waals surface area contributed by atoms with Crippen molar-refractivity contribution in [3.05, 3.63) is 54.3 Å². The van der Waals surface area contributed by atoms with Gasteiger partial charge >= 0.3 is 0 Å². The van der Waals surface area contributed by atoms with Crippen molar-refractivity contribution >= 4 is 47.5 Å². The number of hydrogen-bond donors (Lipinski definition) is 6. The molecule has 16 nitrogen and oxygen atoms in total. The van der Waals surface area contributed by atoms with Gasteiger partial charge in [0.1, 0.15) is 28.4 Å². The minimum atomic E-state index is -0.838. The molecule has 0 fully saturated rings. The summed E-state index contributed by atoms with van der Waals surface area (Å²) in [5.74, 6) is -2.47. The van der Waals surface area contributed by atoms with Gasteiger partial charge in [-0.1, -0.05) is 48.5 Å². The number of carbonyl (C=O) groups is 6. The zero-order valence-electron chi connectivity index (χ0n) is 32.6. The number of Topliss-reactive ketones (excluding diaryl/α,β-unsaturated/α-hetero) is 3. The number of carbonyl (C=O) groups excluding carboxylic acids is 6. The minimum Gasteiger partial charge on any atom is -0.507 e. The number of fused-ring (bicyclic) bond motifs is 2. The molecule has 0 unspecified atom stereocenters. The van der Waals surface area contributed by atoms with Crippen molar-refractivity contribution in [2.75, 3.05) is 27.2 Å². The van der Waals surface area contributed by atoms with Crippen LogP contribution in [0, 0.1) is 10.8 Å². The number of pyridine rings is 2. The van der Waals surface area contributed by atoms with E-state index < -0.39 is 34.1 Å². The number of amides is 3. The van der Waals surface area contributed by atoms with E-state index in [2.05, 4.69) is 15.3 Å². The summed E-state index contributed by atoms with van der Waals surface area (Å²) in [6.07, 6.45) is 1.56. The number of nitrogens with zero attached hydrogens (tertiary/aromatic N) is 2. The molecule has 0 atom stereocenters. The van der Waals surface area contributed by atoms with Gasteiger partial charge in [0.2, 0.25) is 11.8 Å². The molecule has 300 valence electrons. The third kappa shape index (κ3) is 13.2. The number of H-pyrrole nitrogens is 2. The van der Waals surface area contributed by atoms with Crippen molar-refractivity contribution in [3.8, 4) is 11.5 Å². The van der Waals surface area contributed by atoms with Crippen molar-refractivity contribution in [1.29, 1.82) is 0 Å². The molecular formula is C37H55ClN6O10. The van der Waals surface area contributed by atoms with Crippen LogP contribution in [-0.2, 0) is 45.1 Å². The molecule has 0 aromatic carbocycles. The van der Waals surface area contributed by atoms with Crippen LogP contribution in [0.2, 0.25) is 0 Å².